The van der Waals surface area contributed by atoms with E-state index in [4.69, 9.17) is 10.8 Å². The van der Waals surface area contributed by atoms with Gasteiger partial charge in [0.2, 0.25) is 0 Å². The number of nitrogens with zero attached hydrogens (tertiary/aromatic N) is 1. The number of hydrogen-bond acceptors (Lipinski definition) is 5. The van der Waals surface area contributed by atoms with E-state index < -0.39 is 12.0 Å². The Bertz CT molecular complexity index is 620. The summed E-state index contributed by atoms with van der Waals surface area (Å²) in [6.45, 7) is 0. The van der Waals surface area contributed by atoms with Crippen molar-refractivity contribution in [3.8, 4) is 0 Å². The number of aliphatic carboxylic acids is 1. The lowest BCUT2D eigenvalue weighted by Gasteiger charge is -2.06. The second-order valence-electron chi connectivity index (χ2n) is 3.62. The van der Waals surface area contributed by atoms with Gasteiger partial charge in [-0.2, -0.15) is 0 Å². The summed E-state index contributed by atoms with van der Waals surface area (Å²) in [4.78, 5) is 14.8. The van der Waals surface area contributed by atoms with Gasteiger partial charge >= 0.3 is 5.97 Å². The molecule has 1 unspecified atom stereocenters. The molecule has 0 radical (unpaired) electrons. The first-order valence-corrected chi connectivity index (χ1v) is 7.09. The summed E-state index contributed by atoms with van der Waals surface area (Å²) >= 11 is 3.10. The highest BCUT2D eigenvalue weighted by molar-refractivity contribution is 14.1. The topological polar surface area (TPSA) is 88.2 Å². The molecule has 0 amide bonds. The van der Waals surface area contributed by atoms with Gasteiger partial charge in [0.25, 0.3) is 0 Å². The molecule has 100 valence electrons. The highest BCUT2D eigenvalue weighted by Crippen LogP contribution is 2.27. The SMILES string of the molecule is NC(C(=O)O)c1csc(Nc2cccc(F)c2I)n1. The summed E-state index contributed by atoms with van der Waals surface area (Å²) in [7, 11) is 0. The van der Waals surface area contributed by atoms with E-state index in [1.165, 1.54) is 17.4 Å². The molecule has 0 spiro atoms. The van der Waals surface area contributed by atoms with Crippen LogP contribution in [-0.4, -0.2) is 16.1 Å². The Morgan fingerprint density at radius 2 is 2.32 bits per heavy atom. The van der Waals surface area contributed by atoms with E-state index in [1.54, 1.807) is 17.5 Å². The van der Waals surface area contributed by atoms with Crippen molar-refractivity contribution in [2.24, 2.45) is 5.73 Å². The first kappa shape index (κ1) is 14.2. The van der Waals surface area contributed by atoms with Crippen LogP contribution in [0.4, 0.5) is 15.2 Å². The van der Waals surface area contributed by atoms with Gasteiger partial charge in [0.1, 0.15) is 11.9 Å². The molecule has 8 heteroatoms. The molecule has 0 saturated heterocycles. The average Bonchev–Trinajstić information content (AvgIpc) is 2.82. The number of carboxylic acid groups (broad SMARTS) is 1. The number of thiazole rings is 1. The number of rotatable bonds is 4. The smallest absolute Gasteiger partial charge is 0.326 e. The highest BCUT2D eigenvalue weighted by atomic mass is 127. The quantitative estimate of drug-likeness (QED) is 0.696. The number of carbonyl (C=O) groups is 1. The van der Waals surface area contributed by atoms with E-state index in [0.29, 0.717) is 14.4 Å². The first-order valence-electron chi connectivity index (χ1n) is 5.14. The minimum absolute atomic E-state index is 0.270. The minimum atomic E-state index is -1.15. The van der Waals surface area contributed by atoms with Crippen LogP contribution in [0.25, 0.3) is 0 Å². The lowest BCUT2D eigenvalue weighted by atomic mass is 10.2. The third kappa shape index (κ3) is 3.19. The summed E-state index contributed by atoms with van der Waals surface area (Å²) in [6.07, 6.45) is 0. The van der Waals surface area contributed by atoms with E-state index in [2.05, 4.69) is 10.3 Å². The Kier molecular flexibility index (Phi) is 4.32. The zero-order valence-corrected chi connectivity index (χ0v) is 12.4. The Labute approximate surface area is 125 Å². The van der Waals surface area contributed by atoms with Gasteiger partial charge in [-0.15, -0.1) is 11.3 Å². The summed E-state index contributed by atoms with van der Waals surface area (Å²) in [6, 6.07) is 3.50. The van der Waals surface area contributed by atoms with Crippen LogP contribution in [0.2, 0.25) is 0 Å². The molecule has 0 bridgehead atoms. The predicted octanol–water partition coefficient (Wildman–Crippen LogP) is 2.71. The number of nitrogens with one attached hydrogen (secondary N) is 1. The standard InChI is InChI=1S/C11H9FIN3O2S/c12-5-2-1-3-6(8(5)13)15-11-16-7(4-19-11)9(14)10(17)18/h1-4,9H,14H2,(H,15,16)(H,17,18). The van der Waals surface area contributed by atoms with Crippen LogP contribution in [0.3, 0.4) is 0 Å². The monoisotopic (exact) mass is 393 g/mol. The fraction of sp³-hybridized carbons (Fsp3) is 0.0909. The van der Waals surface area contributed by atoms with E-state index in [-0.39, 0.29) is 11.5 Å². The molecule has 0 aliphatic rings. The molecule has 2 rings (SSSR count). The molecule has 2 aromatic rings. The number of benzene rings is 1. The lowest BCUT2D eigenvalue weighted by molar-refractivity contribution is -0.138. The third-order valence-electron chi connectivity index (χ3n) is 2.30. The minimum Gasteiger partial charge on any atom is -0.480 e. The summed E-state index contributed by atoms with van der Waals surface area (Å²) < 4.78 is 13.8. The van der Waals surface area contributed by atoms with Gasteiger partial charge in [-0.1, -0.05) is 6.07 Å². The van der Waals surface area contributed by atoms with Crippen LogP contribution < -0.4 is 11.1 Å². The maximum absolute atomic E-state index is 13.4. The molecule has 5 nitrogen and oxygen atoms in total. The van der Waals surface area contributed by atoms with Crippen molar-refractivity contribution >= 4 is 50.7 Å². The fourth-order valence-corrected chi connectivity index (χ4v) is 2.58. The van der Waals surface area contributed by atoms with Crippen molar-refractivity contribution in [3.63, 3.8) is 0 Å². The van der Waals surface area contributed by atoms with Gasteiger partial charge in [-0.25, -0.2) is 9.37 Å². The molecular formula is C11H9FIN3O2S. The summed E-state index contributed by atoms with van der Waals surface area (Å²) in [5.41, 5.74) is 6.30. The Morgan fingerprint density at radius 3 is 3.00 bits per heavy atom. The predicted molar refractivity (Wildman–Crippen MR) is 79.1 cm³/mol. The van der Waals surface area contributed by atoms with Crippen LogP contribution in [0.5, 0.6) is 0 Å². The normalized spacial score (nSPS) is 12.2. The van der Waals surface area contributed by atoms with Gasteiger partial charge in [0, 0.05) is 5.38 Å². The van der Waals surface area contributed by atoms with Gasteiger partial charge in [-0.05, 0) is 34.7 Å². The second kappa shape index (κ2) is 5.80. The number of aromatic nitrogens is 1. The van der Waals surface area contributed by atoms with Crippen molar-refractivity contribution in [2.75, 3.05) is 5.32 Å². The molecule has 19 heavy (non-hydrogen) atoms. The fourth-order valence-electron chi connectivity index (χ4n) is 1.33. The zero-order valence-electron chi connectivity index (χ0n) is 9.43. The lowest BCUT2D eigenvalue weighted by Crippen LogP contribution is -2.20. The number of hydrogen-bond donors (Lipinski definition) is 3. The van der Waals surface area contributed by atoms with Crippen LogP contribution >= 0.6 is 33.9 Å². The maximum atomic E-state index is 13.4. The van der Waals surface area contributed by atoms with Crippen molar-refractivity contribution < 1.29 is 14.3 Å². The number of carboxylic acids is 1. The maximum Gasteiger partial charge on any atom is 0.326 e. The van der Waals surface area contributed by atoms with Gasteiger partial charge in [0.15, 0.2) is 5.13 Å². The molecule has 0 saturated carbocycles. The molecule has 1 aromatic heterocycles. The van der Waals surface area contributed by atoms with Crippen molar-refractivity contribution in [1.29, 1.82) is 0 Å². The van der Waals surface area contributed by atoms with Crippen molar-refractivity contribution in [2.45, 2.75) is 6.04 Å². The number of nitrogens with two attached hydrogens (primary N) is 1. The Balaban J connectivity index is 2.20. The molecule has 0 fully saturated rings. The zero-order chi connectivity index (χ0) is 14.0. The van der Waals surface area contributed by atoms with Crippen molar-refractivity contribution in [3.05, 3.63) is 38.7 Å². The third-order valence-corrected chi connectivity index (χ3v) is 4.17. The van der Waals surface area contributed by atoms with E-state index in [0.717, 1.165) is 0 Å². The molecule has 0 aliphatic carbocycles. The average molecular weight is 393 g/mol. The Hall–Kier alpha value is -1.26. The largest absolute Gasteiger partial charge is 0.480 e. The molecule has 1 atom stereocenters. The van der Waals surface area contributed by atoms with Crippen LogP contribution in [0.1, 0.15) is 11.7 Å². The first-order chi connectivity index (χ1) is 8.99. The molecule has 1 aromatic carbocycles. The second-order valence-corrected chi connectivity index (χ2v) is 5.56. The van der Waals surface area contributed by atoms with Crippen LogP contribution in [-0.2, 0) is 4.79 Å². The van der Waals surface area contributed by atoms with E-state index in [9.17, 15) is 9.18 Å². The molecule has 1 heterocycles. The van der Waals surface area contributed by atoms with Gasteiger partial charge < -0.3 is 16.2 Å². The van der Waals surface area contributed by atoms with Crippen LogP contribution in [0.15, 0.2) is 23.6 Å². The summed E-state index contributed by atoms with van der Waals surface area (Å²) in [5, 5.41) is 13.8. The van der Waals surface area contributed by atoms with Crippen LogP contribution in [0, 0.1) is 9.39 Å². The molecule has 4 N–H and O–H groups in total. The van der Waals surface area contributed by atoms with Gasteiger partial charge in [-0.3, -0.25) is 4.79 Å². The molecular weight excluding hydrogens is 384 g/mol. The highest BCUT2D eigenvalue weighted by Gasteiger charge is 2.18. The number of anilines is 2. The number of halogens is 2. The van der Waals surface area contributed by atoms with Crippen molar-refractivity contribution in [1.82, 2.24) is 4.98 Å². The Morgan fingerprint density at radius 1 is 1.58 bits per heavy atom. The van der Waals surface area contributed by atoms with E-state index >= 15 is 0 Å². The van der Waals surface area contributed by atoms with E-state index in [1.807, 2.05) is 22.6 Å². The summed E-state index contributed by atoms with van der Waals surface area (Å²) in [5.74, 6) is -1.47. The van der Waals surface area contributed by atoms with Gasteiger partial charge in [0.05, 0.1) is 15.0 Å². The molecule has 0 aliphatic heterocycles.